The molecule has 0 radical (unpaired) electrons. The van der Waals surface area contributed by atoms with Gasteiger partial charge in [0.15, 0.2) is 0 Å². The average molecular weight is 509 g/mol. The van der Waals surface area contributed by atoms with E-state index < -0.39 is 5.91 Å². The Morgan fingerprint density at radius 1 is 0.892 bits per heavy atom. The molecule has 4 aromatic carbocycles. The van der Waals surface area contributed by atoms with E-state index in [2.05, 4.69) is 5.32 Å². The molecule has 0 heterocycles. The van der Waals surface area contributed by atoms with E-state index in [4.69, 9.17) is 21.1 Å². The summed E-state index contributed by atoms with van der Waals surface area (Å²) in [4.78, 5) is 12.8. The van der Waals surface area contributed by atoms with Crippen molar-refractivity contribution in [3.8, 4) is 17.6 Å². The van der Waals surface area contributed by atoms with Crippen molar-refractivity contribution in [3.05, 3.63) is 130 Å². The van der Waals surface area contributed by atoms with Gasteiger partial charge in [0.1, 0.15) is 36.4 Å². The normalized spacial score (nSPS) is 10.9. The van der Waals surface area contributed by atoms with Crippen LogP contribution in [-0.4, -0.2) is 5.91 Å². The first kappa shape index (κ1) is 25.6. The van der Waals surface area contributed by atoms with Crippen molar-refractivity contribution in [1.82, 2.24) is 0 Å². The van der Waals surface area contributed by atoms with Gasteiger partial charge in [-0.2, -0.15) is 5.26 Å². The fourth-order valence-corrected chi connectivity index (χ4v) is 3.79. The van der Waals surface area contributed by atoms with E-state index in [-0.39, 0.29) is 5.57 Å². The molecule has 6 heteroatoms. The van der Waals surface area contributed by atoms with Crippen LogP contribution in [0.5, 0.6) is 11.5 Å². The molecule has 5 nitrogen and oxygen atoms in total. The summed E-state index contributed by atoms with van der Waals surface area (Å²) in [5.41, 5.74) is 4.21. The Kier molecular flexibility index (Phi) is 8.59. The first-order valence-electron chi connectivity index (χ1n) is 11.7. The third-order valence-corrected chi connectivity index (χ3v) is 5.71. The molecule has 4 aromatic rings. The molecule has 0 aromatic heterocycles. The van der Waals surface area contributed by atoms with Gasteiger partial charge in [0.25, 0.3) is 5.91 Å². The topological polar surface area (TPSA) is 71.3 Å². The van der Waals surface area contributed by atoms with Crippen LogP contribution in [0, 0.1) is 18.3 Å². The van der Waals surface area contributed by atoms with Crippen LogP contribution in [0.4, 0.5) is 5.69 Å². The number of hydrogen-bond acceptors (Lipinski definition) is 4. The molecule has 0 aliphatic heterocycles. The Balaban J connectivity index is 1.43. The highest BCUT2D eigenvalue weighted by molar-refractivity contribution is 6.30. The van der Waals surface area contributed by atoms with E-state index >= 15 is 0 Å². The zero-order chi connectivity index (χ0) is 26.0. The van der Waals surface area contributed by atoms with Crippen LogP contribution in [0.2, 0.25) is 5.02 Å². The first-order valence-corrected chi connectivity index (χ1v) is 12.1. The number of aryl methyl sites for hydroxylation is 1. The monoisotopic (exact) mass is 508 g/mol. The summed E-state index contributed by atoms with van der Waals surface area (Å²) in [5, 5.41) is 12.9. The highest BCUT2D eigenvalue weighted by Gasteiger charge is 2.12. The fraction of sp³-hybridized carbons (Fsp3) is 0.0968. The predicted molar refractivity (Wildman–Crippen MR) is 146 cm³/mol. The molecule has 4 rings (SSSR count). The van der Waals surface area contributed by atoms with Crippen molar-refractivity contribution in [2.24, 2.45) is 0 Å². The summed E-state index contributed by atoms with van der Waals surface area (Å²) < 4.78 is 11.8. The number of nitriles is 1. The van der Waals surface area contributed by atoms with E-state index in [1.54, 1.807) is 42.5 Å². The van der Waals surface area contributed by atoms with Gasteiger partial charge in [0.05, 0.1) is 0 Å². The molecule has 1 amide bonds. The fourth-order valence-electron chi connectivity index (χ4n) is 3.60. The maximum Gasteiger partial charge on any atom is 0.266 e. The second kappa shape index (κ2) is 12.4. The van der Waals surface area contributed by atoms with Gasteiger partial charge in [-0.05, 0) is 66.6 Å². The maximum atomic E-state index is 12.8. The smallest absolute Gasteiger partial charge is 0.266 e. The van der Waals surface area contributed by atoms with E-state index in [0.29, 0.717) is 41.0 Å². The molecular formula is C31H25ClN2O3. The third kappa shape index (κ3) is 7.47. The number of carbonyl (C=O) groups is 1. The van der Waals surface area contributed by atoms with Crippen LogP contribution in [0.25, 0.3) is 6.08 Å². The Bertz CT molecular complexity index is 1440. The molecule has 1 N–H and O–H groups in total. The number of anilines is 1. The molecule has 0 spiro atoms. The van der Waals surface area contributed by atoms with Crippen molar-refractivity contribution >= 4 is 29.3 Å². The standard InChI is InChI=1S/C31H25ClN2O3/c1-22-6-5-9-24(16-22)21-37-30-15-10-27(32)18-25(30)17-26(19-33)31(35)34-28-11-13-29(14-12-28)36-20-23-7-3-2-4-8-23/h2-18H,20-21H2,1H3,(H,34,35)/b26-17+. The van der Waals surface area contributed by atoms with Gasteiger partial charge in [-0.25, -0.2) is 0 Å². The molecule has 0 aliphatic rings. The Labute approximate surface area is 221 Å². The predicted octanol–water partition coefficient (Wildman–Crippen LogP) is 7.35. The van der Waals surface area contributed by atoms with Gasteiger partial charge in [-0.3, -0.25) is 4.79 Å². The lowest BCUT2D eigenvalue weighted by Gasteiger charge is -2.11. The van der Waals surface area contributed by atoms with Crippen LogP contribution in [0.1, 0.15) is 22.3 Å². The van der Waals surface area contributed by atoms with Gasteiger partial charge in [-0.15, -0.1) is 0 Å². The van der Waals surface area contributed by atoms with Gasteiger partial charge in [0.2, 0.25) is 0 Å². The van der Waals surface area contributed by atoms with Crippen LogP contribution in [-0.2, 0) is 18.0 Å². The van der Waals surface area contributed by atoms with Crippen molar-refractivity contribution in [1.29, 1.82) is 5.26 Å². The van der Waals surface area contributed by atoms with Crippen molar-refractivity contribution in [2.75, 3.05) is 5.32 Å². The minimum absolute atomic E-state index is 0.0768. The van der Waals surface area contributed by atoms with Gasteiger partial charge in [-0.1, -0.05) is 71.8 Å². The number of hydrogen-bond donors (Lipinski definition) is 1. The molecule has 0 saturated heterocycles. The highest BCUT2D eigenvalue weighted by Crippen LogP contribution is 2.27. The van der Waals surface area contributed by atoms with E-state index in [1.165, 1.54) is 6.08 Å². The second-order valence-corrected chi connectivity index (χ2v) is 8.82. The Hall–Kier alpha value is -4.53. The Morgan fingerprint density at radius 2 is 1.62 bits per heavy atom. The largest absolute Gasteiger partial charge is 0.489 e. The quantitative estimate of drug-likeness (QED) is 0.189. The van der Waals surface area contributed by atoms with E-state index in [9.17, 15) is 10.1 Å². The van der Waals surface area contributed by atoms with E-state index in [0.717, 1.165) is 16.7 Å². The first-order chi connectivity index (χ1) is 18.0. The van der Waals surface area contributed by atoms with Crippen LogP contribution < -0.4 is 14.8 Å². The number of amides is 1. The number of nitrogens with zero attached hydrogens (tertiary/aromatic N) is 1. The lowest BCUT2D eigenvalue weighted by Crippen LogP contribution is -2.13. The van der Waals surface area contributed by atoms with Crippen molar-refractivity contribution in [3.63, 3.8) is 0 Å². The van der Waals surface area contributed by atoms with Gasteiger partial charge >= 0.3 is 0 Å². The summed E-state index contributed by atoms with van der Waals surface area (Å²) in [6.45, 7) is 2.81. The lowest BCUT2D eigenvalue weighted by molar-refractivity contribution is -0.112. The maximum absolute atomic E-state index is 12.8. The molecule has 0 fully saturated rings. The SMILES string of the molecule is Cc1cccc(COc2ccc(Cl)cc2/C=C(\C#N)C(=O)Nc2ccc(OCc3ccccc3)cc2)c1. The molecule has 0 aliphatic carbocycles. The van der Waals surface area contributed by atoms with Crippen molar-refractivity contribution < 1.29 is 14.3 Å². The zero-order valence-corrected chi connectivity index (χ0v) is 21.0. The number of ether oxygens (including phenoxy) is 2. The number of rotatable bonds is 9. The summed E-state index contributed by atoms with van der Waals surface area (Å²) in [5.74, 6) is 0.656. The summed E-state index contributed by atoms with van der Waals surface area (Å²) in [7, 11) is 0. The summed E-state index contributed by atoms with van der Waals surface area (Å²) >= 11 is 6.19. The summed E-state index contributed by atoms with van der Waals surface area (Å²) in [6.07, 6.45) is 1.48. The van der Waals surface area contributed by atoms with Crippen LogP contribution >= 0.6 is 11.6 Å². The molecule has 0 atom stereocenters. The van der Waals surface area contributed by atoms with Gasteiger partial charge < -0.3 is 14.8 Å². The number of nitrogens with one attached hydrogen (secondary N) is 1. The lowest BCUT2D eigenvalue weighted by atomic mass is 10.1. The third-order valence-electron chi connectivity index (χ3n) is 5.47. The minimum Gasteiger partial charge on any atom is -0.489 e. The molecule has 0 saturated carbocycles. The number of carbonyl (C=O) groups excluding carboxylic acids is 1. The molecule has 0 unspecified atom stereocenters. The van der Waals surface area contributed by atoms with Crippen LogP contribution in [0.3, 0.4) is 0 Å². The molecule has 184 valence electrons. The van der Waals surface area contributed by atoms with Crippen molar-refractivity contribution in [2.45, 2.75) is 20.1 Å². The van der Waals surface area contributed by atoms with Crippen LogP contribution in [0.15, 0.2) is 103 Å². The zero-order valence-electron chi connectivity index (χ0n) is 20.3. The average Bonchev–Trinajstić information content (AvgIpc) is 2.91. The highest BCUT2D eigenvalue weighted by atomic mass is 35.5. The van der Waals surface area contributed by atoms with Gasteiger partial charge in [0, 0.05) is 16.3 Å². The summed E-state index contributed by atoms with van der Waals surface area (Å²) in [6, 6.07) is 31.9. The Morgan fingerprint density at radius 3 is 2.35 bits per heavy atom. The molecule has 37 heavy (non-hydrogen) atoms. The minimum atomic E-state index is -0.537. The van der Waals surface area contributed by atoms with E-state index in [1.807, 2.05) is 67.6 Å². The number of halogens is 1. The number of benzene rings is 4. The molecular weight excluding hydrogens is 484 g/mol. The molecule has 0 bridgehead atoms. The second-order valence-electron chi connectivity index (χ2n) is 8.38.